The number of rotatable bonds is 4. The highest BCUT2D eigenvalue weighted by atomic mass is 35.5. The van der Waals surface area contributed by atoms with E-state index in [0.717, 1.165) is 26.1 Å². The SMILES string of the molecule is NC1NN2CC(Cl)CNC2C1C(=O)NC1CNCCC1OC1C=CCNC1. The zero-order valence-corrected chi connectivity index (χ0v) is 16.1. The van der Waals surface area contributed by atoms with E-state index in [4.69, 9.17) is 22.1 Å². The summed E-state index contributed by atoms with van der Waals surface area (Å²) in [6.07, 6.45) is 4.50. The molecule has 152 valence electrons. The quantitative estimate of drug-likeness (QED) is 0.230. The lowest BCUT2D eigenvalue weighted by molar-refractivity contribution is -0.129. The summed E-state index contributed by atoms with van der Waals surface area (Å²) >= 11 is 6.20. The number of amides is 1. The number of hydrogen-bond acceptors (Lipinski definition) is 8. The van der Waals surface area contributed by atoms with Crippen molar-refractivity contribution in [2.24, 2.45) is 11.7 Å². The van der Waals surface area contributed by atoms with Crippen LogP contribution in [0.3, 0.4) is 0 Å². The van der Waals surface area contributed by atoms with Crippen molar-refractivity contribution in [3.8, 4) is 0 Å². The van der Waals surface area contributed by atoms with Gasteiger partial charge in [0.25, 0.3) is 0 Å². The average Bonchev–Trinajstić information content (AvgIpc) is 2.99. The monoisotopic (exact) mass is 399 g/mol. The largest absolute Gasteiger partial charge is 0.367 e. The predicted molar refractivity (Wildman–Crippen MR) is 103 cm³/mol. The predicted octanol–water partition coefficient (Wildman–Crippen LogP) is -2.36. The molecule has 0 aromatic heterocycles. The number of hydrogen-bond donors (Lipinski definition) is 6. The smallest absolute Gasteiger partial charge is 0.229 e. The molecule has 0 aromatic rings. The third-order valence-corrected chi connectivity index (χ3v) is 5.97. The van der Waals surface area contributed by atoms with Crippen LogP contribution in [0.5, 0.6) is 0 Å². The molecule has 0 radical (unpaired) electrons. The average molecular weight is 400 g/mol. The Hall–Kier alpha value is -0.780. The number of carbonyl (C=O) groups excluding carboxylic acids is 1. The van der Waals surface area contributed by atoms with Crippen LogP contribution in [-0.4, -0.2) is 86.1 Å². The normalized spacial score (nSPS) is 42.7. The first-order chi connectivity index (χ1) is 13.1. The molecule has 4 aliphatic heterocycles. The Morgan fingerprint density at radius 1 is 1.30 bits per heavy atom. The molecular formula is C17H30ClN7O2. The highest BCUT2D eigenvalue weighted by molar-refractivity contribution is 6.21. The molecule has 1 amide bonds. The van der Waals surface area contributed by atoms with Crippen LogP contribution >= 0.6 is 11.6 Å². The number of hydrazine groups is 1. The van der Waals surface area contributed by atoms with Gasteiger partial charge < -0.3 is 26.4 Å². The van der Waals surface area contributed by atoms with Gasteiger partial charge in [-0.2, -0.15) is 0 Å². The first-order valence-electron chi connectivity index (χ1n) is 9.81. The Morgan fingerprint density at radius 3 is 3.00 bits per heavy atom. The van der Waals surface area contributed by atoms with E-state index in [0.29, 0.717) is 19.6 Å². The van der Waals surface area contributed by atoms with Crippen molar-refractivity contribution >= 4 is 17.5 Å². The van der Waals surface area contributed by atoms with Gasteiger partial charge in [0.2, 0.25) is 5.91 Å². The zero-order valence-electron chi connectivity index (χ0n) is 15.4. The Balaban J connectivity index is 1.38. The van der Waals surface area contributed by atoms with Gasteiger partial charge in [0.05, 0.1) is 41.9 Å². The Kier molecular flexibility index (Phi) is 6.30. The summed E-state index contributed by atoms with van der Waals surface area (Å²) in [6, 6.07) is -0.0767. The molecule has 9 nitrogen and oxygen atoms in total. The number of piperidine rings is 1. The van der Waals surface area contributed by atoms with E-state index in [1.165, 1.54) is 0 Å². The summed E-state index contributed by atoms with van der Waals surface area (Å²) in [6.45, 7) is 4.60. The second kappa shape index (κ2) is 8.71. The second-order valence-electron chi connectivity index (χ2n) is 7.69. The molecule has 0 aliphatic carbocycles. The van der Waals surface area contributed by atoms with Gasteiger partial charge in [-0.3, -0.25) is 10.1 Å². The number of nitrogens with two attached hydrogens (primary N) is 1. The van der Waals surface area contributed by atoms with Crippen molar-refractivity contribution in [1.82, 2.24) is 31.7 Å². The first-order valence-corrected chi connectivity index (χ1v) is 10.3. The van der Waals surface area contributed by atoms with Crippen LogP contribution in [0.2, 0.25) is 0 Å². The van der Waals surface area contributed by atoms with E-state index >= 15 is 0 Å². The lowest BCUT2D eigenvalue weighted by atomic mass is 9.98. The maximum absolute atomic E-state index is 13.1. The van der Waals surface area contributed by atoms with Crippen LogP contribution in [0.1, 0.15) is 6.42 Å². The van der Waals surface area contributed by atoms with Gasteiger partial charge in [0.15, 0.2) is 0 Å². The van der Waals surface area contributed by atoms with Crippen LogP contribution < -0.4 is 32.4 Å². The number of ether oxygens (including phenoxy) is 1. The molecule has 0 spiro atoms. The highest BCUT2D eigenvalue weighted by Crippen LogP contribution is 2.23. The summed E-state index contributed by atoms with van der Waals surface area (Å²) in [5.74, 6) is -0.435. The molecule has 7 N–H and O–H groups in total. The summed E-state index contributed by atoms with van der Waals surface area (Å²) in [4.78, 5) is 13.1. The van der Waals surface area contributed by atoms with Crippen LogP contribution in [0.15, 0.2) is 12.2 Å². The summed E-state index contributed by atoms with van der Waals surface area (Å²) < 4.78 is 6.26. The number of halogens is 1. The highest BCUT2D eigenvalue weighted by Gasteiger charge is 2.47. The van der Waals surface area contributed by atoms with Gasteiger partial charge >= 0.3 is 0 Å². The molecule has 7 unspecified atom stereocenters. The molecule has 4 heterocycles. The van der Waals surface area contributed by atoms with Crippen molar-refractivity contribution in [1.29, 1.82) is 0 Å². The van der Waals surface area contributed by atoms with Crippen LogP contribution in [-0.2, 0) is 9.53 Å². The molecule has 3 fully saturated rings. The van der Waals surface area contributed by atoms with Crippen molar-refractivity contribution < 1.29 is 9.53 Å². The van der Waals surface area contributed by atoms with Crippen molar-refractivity contribution in [3.63, 3.8) is 0 Å². The van der Waals surface area contributed by atoms with Crippen molar-refractivity contribution in [2.45, 2.75) is 42.4 Å². The fourth-order valence-electron chi connectivity index (χ4n) is 4.31. The lowest BCUT2D eigenvalue weighted by Crippen LogP contribution is -2.61. The molecule has 4 aliphatic rings. The minimum absolute atomic E-state index is 0.000226. The van der Waals surface area contributed by atoms with Crippen molar-refractivity contribution in [2.75, 3.05) is 39.3 Å². The van der Waals surface area contributed by atoms with Crippen LogP contribution in [0.4, 0.5) is 0 Å². The minimum Gasteiger partial charge on any atom is -0.367 e. The Bertz CT molecular complexity index is 565. The Morgan fingerprint density at radius 2 is 2.19 bits per heavy atom. The molecule has 0 bridgehead atoms. The third kappa shape index (κ3) is 4.46. The van der Waals surface area contributed by atoms with E-state index < -0.39 is 6.17 Å². The zero-order chi connectivity index (χ0) is 18.8. The molecule has 7 atom stereocenters. The first kappa shape index (κ1) is 19.5. The van der Waals surface area contributed by atoms with Crippen LogP contribution in [0.25, 0.3) is 0 Å². The second-order valence-corrected chi connectivity index (χ2v) is 8.31. The number of nitrogens with one attached hydrogen (secondary N) is 5. The third-order valence-electron chi connectivity index (χ3n) is 5.68. The number of carbonyl (C=O) groups is 1. The molecule has 3 saturated heterocycles. The van der Waals surface area contributed by atoms with Gasteiger partial charge in [-0.1, -0.05) is 12.2 Å². The van der Waals surface area contributed by atoms with E-state index in [1.807, 2.05) is 5.01 Å². The van der Waals surface area contributed by atoms with E-state index in [2.05, 4.69) is 38.8 Å². The maximum Gasteiger partial charge on any atom is 0.229 e. The van der Waals surface area contributed by atoms with E-state index in [9.17, 15) is 4.79 Å². The molecule has 0 saturated carbocycles. The molecule has 4 rings (SSSR count). The van der Waals surface area contributed by atoms with Gasteiger partial charge in [-0.25, -0.2) is 10.4 Å². The topological polar surface area (TPSA) is 116 Å². The summed E-state index contributed by atoms with van der Waals surface area (Å²) in [7, 11) is 0. The number of alkyl halides is 1. The Labute approximate surface area is 164 Å². The maximum atomic E-state index is 13.1. The van der Waals surface area contributed by atoms with Crippen molar-refractivity contribution in [3.05, 3.63) is 12.2 Å². The van der Waals surface area contributed by atoms with Gasteiger partial charge in [0.1, 0.15) is 0 Å². The van der Waals surface area contributed by atoms with E-state index in [1.54, 1.807) is 0 Å². The summed E-state index contributed by atoms with van der Waals surface area (Å²) in [5.41, 5.74) is 9.38. The molecule has 10 heteroatoms. The number of nitrogens with zero attached hydrogens (tertiary/aromatic N) is 1. The fourth-order valence-corrected chi connectivity index (χ4v) is 4.55. The minimum atomic E-state index is -0.439. The van der Waals surface area contributed by atoms with E-state index in [-0.39, 0.29) is 41.6 Å². The fraction of sp³-hybridized carbons (Fsp3) is 0.824. The molecule has 0 aromatic carbocycles. The molecule has 27 heavy (non-hydrogen) atoms. The summed E-state index contributed by atoms with van der Waals surface area (Å²) in [5, 5.41) is 15.1. The standard InChI is InChI=1S/C17H30ClN7O2/c18-10-6-22-16-14(15(19)24-25(16)9-10)17(26)23-12-8-21-5-3-13(12)27-11-2-1-4-20-7-11/h1-2,10-16,20-22,24H,3-9,19H2,(H,23,26). The van der Waals surface area contributed by atoms with Gasteiger partial charge in [0, 0.05) is 32.7 Å². The van der Waals surface area contributed by atoms with Gasteiger partial charge in [-0.15, -0.1) is 11.6 Å². The van der Waals surface area contributed by atoms with Gasteiger partial charge in [-0.05, 0) is 13.0 Å². The lowest BCUT2D eigenvalue weighted by Gasteiger charge is -2.37. The number of fused-ring (bicyclic) bond motifs is 1. The molecular weight excluding hydrogens is 370 g/mol. The van der Waals surface area contributed by atoms with Crippen LogP contribution in [0, 0.1) is 5.92 Å².